The molecule has 2 rings (SSSR count). The molecule has 4 nitrogen and oxygen atoms in total. The van der Waals surface area contributed by atoms with Crippen molar-refractivity contribution in [2.24, 2.45) is 0 Å². The molecule has 1 aliphatic heterocycles. The van der Waals surface area contributed by atoms with Crippen molar-refractivity contribution >= 4 is 5.91 Å². The molecule has 1 atom stereocenters. The molecule has 0 aromatic carbocycles. The van der Waals surface area contributed by atoms with E-state index in [2.05, 4.69) is 10.4 Å². The average Bonchev–Trinajstić information content (AvgIpc) is 2.58. The summed E-state index contributed by atoms with van der Waals surface area (Å²) >= 11 is 0. The molecule has 0 radical (unpaired) electrons. The number of hydrogen-bond donors (Lipinski definition) is 1. The molecule has 1 N–H and O–H groups in total. The number of carbonyl (C=O) groups excluding carboxylic acids is 1. The number of rotatable bonds is 1. The molecule has 2 heterocycles. The fourth-order valence-electron chi connectivity index (χ4n) is 1.44. The highest BCUT2D eigenvalue weighted by atomic mass is 16.1. The largest absolute Gasteiger partial charge is 0.354 e. The summed E-state index contributed by atoms with van der Waals surface area (Å²) in [5, 5.41) is 6.95. The fraction of sp³-hybridized carbons (Fsp3) is 0.500. The van der Waals surface area contributed by atoms with Gasteiger partial charge in [-0.2, -0.15) is 5.10 Å². The molecule has 0 saturated carbocycles. The highest BCUT2D eigenvalue weighted by Gasteiger charge is 2.18. The molecule has 1 fully saturated rings. The maximum atomic E-state index is 10.8. The highest BCUT2D eigenvalue weighted by molar-refractivity contribution is 5.76. The van der Waals surface area contributed by atoms with Crippen LogP contribution in [0.1, 0.15) is 18.9 Å². The van der Waals surface area contributed by atoms with E-state index in [1.165, 1.54) is 0 Å². The van der Waals surface area contributed by atoms with E-state index in [1.807, 2.05) is 16.9 Å². The van der Waals surface area contributed by atoms with Gasteiger partial charge in [-0.3, -0.25) is 9.48 Å². The predicted octanol–water partition coefficient (Wildman–Crippen LogP) is 0.334. The Morgan fingerprint density at radius 3 is 3.17 bits per heavy atom. The predicted molar refractivity (Wildman–Crippen MR) is 43.5 cm³/mol. The topological polar surface area (TPSA) is 46.9 Å². The molecule has 0 bridgehead atoms. The highest BCUT2D eigenvalue weighted by Crippen LogP contribution is 2.14. The van der Waals surface area contributed by atoms with Gasteiger partial charge in [0.05, 0.1) is 6.04 Å². The lowest BCUT2D eigenvalue weighted by Gasteiger charge is -2.22. The van der Waals surface area contributed by atoms with Crippen LogP contribution < -0.4 is 5.32 Å². The first-order chi connectivity index (χ1) is 5.86. The van der Waals surface area contributed by atoms with Crippen LogP contribution in [0.15, 0.2) is 18.5 Å². The molecule has 1 aliphatic rings. The van der Waals surface area contributed by atoms with E-state index >= 15 is 0 Å². The zero-order chi connectivity index (χ0) is 8.39. The van der Waals surface area contributed by atoms with Gasteiger partial charge in [0.25, 0.3) is 0 Å². The minimum atomic E-state index is 0.151. The zero-order valence-corrected chi connectivity index (χ0v) is 6.73. The van der Waals surface area contributed by atoms with E-state index < -0.39 is 0 Å². The van der Waals surface area contributed by atoms with Gasteiger partial charge >= 0.3 is 0 Å². The van der Waals surface area contributed by atoms with E-state index in [1.54, 1.807) is 6.20 Å². The molecule has 12 heavy (non-hydrogen) atoms. The molecular weight excluding hydrogens is 154 g/mol. The van der Waals surface area contributed by atoms with Gasteiger partial charge in [0.15, 0.2) is 0 Å². The summed E-state index contributed by atoms with van der Waals surface area (Å²) in [5.41, 5.74) is 0. The molecule has 0 spiro atoms. The molecule has 1 unspecified atom stereocenters. The summed E-state index contributed by atoms with van der Waals surface area (Å²) in [5.74, 6) is 0.151. The first kappa shape index (κ1) is 7.34. The Bertz CT molecular complexity index is 258. The smallest absolute Gasteiger partial charge is 0.220 e. The first-order valence-corrected chi connectivity index (χ1v) is 4.12. The van der Waals surface area contributed by atoms with Gasteiger partial charge in [0.1, 0.15) is 0 Å². The minimum absolute atomic E-state index is 0.151. The number of nitrogens with zero attached hydrogens (tertiary/aromatic N) is 2. The van der Waals surface area contributed by atoms with Crippen molar-refractivity contribution in [3.05, 3.63) is 18.5 Å². The molecule has 1 aromatic heterocycles. The summed E-state index contributed by atoms with van der Waals surface area (Å²) in [7, 11) is 0. The Kier molecular flexibility index (Phi) is 1.81. The van der Waals surface area contributed by atoms with E-state index in [0.717, 1.165) is 6.42 Å². The maximum absolute atomic E-state index is 10.8. The van der Waals surface area contributed by atoms with E-state index in [4.69, 9.17) is 0 Å². The van der Waals surface area contributed by atoms with E-state index in [9.17, 15) is 4.79 Å². The molecular formula is C8H11N3O. The first-order valence-electron chi connectivity index (χ1n) is 4.12. The Labute approximate surface area is 70.6 Å². The lowest BCUT2D eigenvalue weighted by molar-refractivity contribution is -0.122. The number of piperidine rings is 1. The number of carbonyl (C=O) groups is 1. The van der Waals surface area contributed by atoms with Crippen LogP contribution in [-0.2, 0) is 4.79 Å². The summed E-state index contributed by atoms with van der Waals surface area (Å²) in [6, 6.07) is 2.24. The van der Waals surface area contributed by atoms with Crippen LogP contribution in [0.2, 0.25) is 0 Å². The summed E-state index contributed by atoms with van der Waals surface area (Å²) in [6.07, 6.45) is 5.20. The van der Waals surface area contributed by atoms with Gasteiger partial charge in [-0.15, -0.1) is 0 Å². The van der Waals surface area contributed by atoms with Crippen LogP contribution in [0, 0.1) is 0 Å². The van der Waals surface area contributed by atoms with Crippen LogP contribution in [-0.4, -0.2) is 22.2 Å². The molecule has 1 saturated heterocycles. The van der Waals surface area contributed by atoms with Gasteiger partial charge in [-0.1, -0.05) is 0 Å². The van der Waals surface area contributed by atoms with Gasteiger partial charge in [-0.25, -0.2) is 0 Å². The molecule has 0 aliphatic carbocycles. The van der Waals surface area contributed by atoms with Crippen LogP contribution in [0.5, 0.6) is 0 Å². The second-order valence-corrected chi connectivity index (χ2v) is 2.98. The second-order valence-electron chi connectivity index (χ2n) is 2.98. The number of hydrogen-bond acceptors (Lipinski definition) is 2. The van der Waals surface area contributed by atoms with Crippen LogP contribution in [0.4, 0.5) is 0 Å². The Balaban J connectivity index is 2.03. The maximum Gasteiger partial charge on any atom is 0.220 e. The standard InChI is InChI=1S/C8H11N3O/c12-8-3-2-7(6-9-8)11-5-1-4-10-11/h1,4-5,7H,2-3,6H2,(H,9,12). The van der Waals surface area contributed by atoms with Crippen molar-refractivity contribution < 1.29 is 4.79 Å². The van der Waals surface area contributed by atoms with Gasteiger partial charge < -0.3 is 5.32 Å². The Morgan fingerprint density at radius 1 is 1.67 bits per heavy atom. The van der Waals surface area contributed by atoms with Gasteiger partial charge in [0.2, 0.25) is 5.91 Å². The SMILES string of the molecule is O=C1CCC(n2cccn2)CN1. The molecule has 4 heteroatoms. The summed E-state index contributed by atoms with van der Waals surface area (Å²) in [6.45, 7) is 0.709. The van der Waals surface area contributed by atoms with E-state index in [-0.39, 0.29) is 5.91 Å². The number of nitrogens with one attached hydrogen (secondary N) is 1. The molecule has 1 amide bonds. The van der Waals surface area contributed by atoms with Crippen molar-refractivity contribution in [2.75, 3.05) is 6.54 Å². The van der Waals surface area contributed by atoms with Gasteiger partial charge in [0, 0.05) is 25.4 Å². The fourth-order valence-corrected chi connectivity index (χ4v) is 1.44. The molecule has 64 valence electrons. The van der Waals surface area contributed by atoms with Crippen molar-refractivity contribution in [1.82, 2.24) is 15.1 Å². The van der Waals surface area contributed by atoms with Gasteiger partial charge in [-0.05, 0) is 12.5 Å². The molecule has 1 aromatic rings. The van der Waals surface area contributed by atoms with Crippen molar-refractivity contribution in [2.45, 2.75) is 18.9 Å². The third-order valence-electron chi connectivity index (χ3n) is 2.14. The third-order valence-corrected chi connectivity index (χ3v) is 2.14. The van der Waals surface area contributed by atoms with Crippen LogP contribution >= 0.6 is 0 Å². The van der Waals surface area contributed by atoms with Crippen molar-refractivity contribution in [3.63, 3.8) is 0 Å². The quantitative estimate of drug-likeness (QED) is 0.652. The van der Waals surface area contributed by atoms with E-state index in [0.29, 0.717) is 19.0 Å². The lowest BCUT2D eigenvalue weighted by atomic mass is 10.1. The summed E-state index contributed by atoms with van der Waals surface area (Å²) in [4.78, 5) is 10.8. The number of amides is 1. The Hall–Kier alpha value is -1.32. The minimum Gasteiger partial charge on any atom is -0.354 e. The number of aromatic nitrogens is 2. The Morgan fingerprint density at radius 2 is 2.58 bits per heavy atom. The van der Waals surface area contributed by atoms with Crippen molar-refractivity contribution in [1.29, 1.82) is 0 Å². The zero-order valence-electron chi connectivity index (χ0n) is 6.73. The van der Waals surface area contributed by atoms with Crippen molar-refractivity contribution in [3.8, 4) is 0 Å². The normalized spacial score (nSPS) is 23.7. The second kappa shape index (κ2) is 2.97. The third kappa shape index (κ3) is 1.32. The lowest BCUT2D eigenvalue weighted by Crippen LogP contribution is -2.36. The average molecular weight is 165 g/mol. The monoisotopic (exact) mass is 165 g/mol. The van der Waals surface area contributed by atoms with Crippen LogP contribution in [0.3, 0.4) is 0 Å². The summed E-state index contributed by atoms with van der Waals surface area (Å²) < 4.78 is 1.90. The van der Waals surface area contributed by atoms with Crippen LogP contribution in [0.25, 0.3) is 0 Å².